The number of halogens is 1. The summed E-state index contributed by atoms with van der Waals surface area (Å²) in [7, 11) is 1.59. The Bertz CT molecular complexity index is 1040. The summed E-state index contributed by atoms with van der Waals surface area (Å²) in [4.78, 5) is 12.3. The molecule has 0 aliphatic rings. The highest BCUT2D eigenvalue weighted by Crippen LogP contribution is 2.25. The molecule has 148 valence electrons. The molecular formula is C23H19BrO5. The quantitative estimate of drug-likeness (QED) is 0.372. The third-order valence-corrected chi connectivity index (χ3v) is 4.72. The van der Waals surface area contributed by atoms with Gasteiger partial charge in [-0.3, -0.25) is 4.79 Å². The lowest BCUT2D eigenvalue weighted by Gasteiger charge is -2.11. The van der Waals surface area contributed by atoms with Crippen molar-refractivity contribution in [2.24, 2.45) is 0 Å². The lowest BCUT2D eigenvalue weighted by molar-refractivity contribution is 0.104. The minimum atomic E-state index is -0.369. The Morgan fingerprint density at radius 3 is 2.48 bits per heavy atom. The molecule has 0 saturated carbocycles. The molecule has 3 rings (SSSR count). The van der Waals surface area contributed by atoms with Crippen molar-refractivity contribution in [2.45, 2.75) is 6.61 Å². The van der Waals surface area contributed by atoms with Gasteiger partial charge in [0.1, 0.15) is 29.6 Å². The van der Waals surface area contributed by atoms with E-state index in [2.05, 4.69) is 15.9 Å². The van der Waals surface area contributed by atoms with Crippen LogP contribution in [0.5, 0.6) is 23.0 Å². The molecule has 0 fully saturated rings. The van der Waals surface area contributed by atoms with E-state index in [1.54, 1.807) is 13.2 Å². The number of phenolic OH excluding ortho intramolecular Hbond substituents is 2. The molecule has 0 atom stereocenters. The molecular weight excluding hydrogens is 436 g/mol. The van der Waals surface area contributed by atoms with Crippen molar-refractivity contribution < 1.29 is 24.5 Å². The number of benzene rings is 3. The van der Waals surface area contributed by atoms with Gasteiger partial charge in [-0.1, -0.05) is 28.1 Å². The van der Waals surface area contributed by atoms with Gasteiger partial charge in [0.25, 0.3) is 0 Å². The maximum Gasteiger partial charge on any atom is 0.189 e. The summed E-state index contributed by atoms with van der Waals surface area (Å²) in [6.45, 7) is 0.305. The summed E-state index contributed by atoms with van der Waals surface area (Å²) < 4.78 is 12.2. The molecule has 0 amide bonds. The lowest BCUT2D eigenvalue weighted by Crippen LogP contribution is -1.99. The van der Waals surface area contributed by atoms with Gasteiger partial charge in [-0.15, -0.1) is 0 Å². The molecule has 0 saturated heterocycles. The highest BCUT2D eigenvalue weighted by Gasteiger charge is 2.09. The summed E-state index contributed by atoms with van der Waals surface area (Å²) >= 11 is 3.39. The number of ether oxygens (including phenoxy) is 2. The van der Waals surface area contributed by atoms with Gasteiger partial charge >= 0.3 is 0 Å². The van der Waals surface area contributed by atoms with Crippen LogP contribution in [-0.2, 0) is 6.61 Å². The first-order chi connectivity index (χ1) is 14.0. The average molecular weight is 455 g/mol. The molecule has 6 heteroatoms. The van der Waals surface area contributed by atoms with Crippen molar-refractivity contribution in [1.82, 2.24) is 0 Å². The highest BCUT2D eigenvalue weighted by molar-refractivity contribution is 9.10. The molecule has 0 aromatic heterocycles. The van der Waals surface area contributed by atoms with Crippen molar-refractivity contribution in [3.05, 3.63) is 87.9 Å². The fourth-order valence-electron chi connectivity index (χ4n) is 2.70. The second kappa shape index (κ2) is 9.30. The molecule has 0 unspecified atom stereocenters. The Morgan fingerprint density at radius 1 is 1.03 bits per heavy atom. The van der Waals surface area contributed by atoms with Gasteiger partial charge in [-0.2, -0.15) is 0 Å². The standard InChI is InChI=1S/C23H19BrO5/c1-28-23-11-3-15(2-10-21(26)20-9-6-18(25)13-22(20)27)12-16(23)14-29-19-7-4-17(24)5-8-19/h2-13,25,27H,14H2,1H3/b10-2+. The van der Waals surface area contributed by atoms with Gasteiger partial charge in [-0.05, 0) is 60.2 Å². The topological polar surface area (TPSA) is 76.0 Å². The Labute approximate surface area is 177 Å². The van der Waals surface area contributed by atoms with Gasteiger partial charge in [-0.25, -0.2) is 0 Å². The number of carbonyl (C=O) groups excluding carboxylic acids is 1. The van der Waals surface area contributed by atoms with Crippen LogP contribution in [0.25, 0.3) is 6.08 Å². The van der Waals surface area contributed by atoms with Crippen molar-refractivity contribution in [3.63, 3.8) is 0 Å². The second-order valence-electron chi connectivity index (χ2n) is 6.21. The molecule has 0 spiro atoms. The lowest BCUT2D eigenvalue weighted by atomic mass is 10.1. The smallest absolute Gasteiger partial charge is 0.189 e. The normalized spacial score (nSPS) is 10.8. The fourth-order valence-corrected chi connectivity index (χ4v) is 2.96. The maximum atomic E-state index is 12.3. The van der Waals surface area contributed by atoms with Gasteiger partial charge < -0.3 is 19.7 Å². The number of hydrogen-bond donors (Lipinski definition) is 2. The average Bonchev–Trinajstić information content (AvgIpc) is 2.71. The number of rotatable bonds is 7. The van der Waals surface area contributed by atoms with E-state index in [-0.39, 0.29) is 22.8 Å². The molecule has 0 aliphatic heterocycles. The van der Waals surface area contributed by atoms with E-state index < -0.39 is 0 Å². The first kappa shape index (κ1) is 20.5. The zero-order valence-corrected chi connectivity index (χ0v) is 17.2. The Balaban J connectivity index is 1.75. The number of hydrogen-bond acceptors (Lipinski definition) is 5. The van der Waals surface area contributed by atoms with Crippen LogP contribution in [0.4, 0.5) is 0 Å². The molecule has 2 N–H and O–H groups in total. The van der Waals surface area contributed by atoms with Crippen LogP contribution in [-0.4, -0.2) is 23.1 Å². The van der Waals surface area contributed by atoms with E-state index in [0.29, 0.717) is 12.4 Å². The predicted octanol–water partition coefficient (Wildman–Crippen LogP) is 5.34. The molecule has 0 aliphatic carbocycles. The Morgan fingerprint density at radius 2 is 1.79 bits per heavy atom. The molecule has 29 heavy (non-hydrogen) atoms. The zero-order chi connectivity index (χ0) is 20.8. The third kappa shape index (κ3) is 5.39. The Kier molecular flexibility index (Phi) is 6.57. The molecule has 0 bridgehead atoms. The largest absolute Gasteiger partial charge is 0.508 e. The van der Waals surface area contributed by atoms with Crippen LogP contribution in [0, 0.1) is 0 Å². The number of phenols is 2. The first-order valence-electron chi connectivity index (χ1n) is 8.76. The minimum Gasteiger partial charge on any atom is -0.508 e. The van der Waals surface area contributed by atoms with Crippen LogP contribution in [0.2, 0.25) is 0 Å². The summed E-state index contributed by atoms with van der Waals surface area (Å²) in [5.74, 6) is 0.675. The van der Waals surface area contributed by atoms with Crippen LogP contribution < -0.4 is 9.47 Å². The van der Waals surface area contributed by atoms with Crippen molar-refractivity contribution >= 4 is 27.8 Å². The Hall–Kier alpha value is -3.25. The SMILES string of the molecule is COc1ccc(/C=C/C(=O)c2ccc(O)cc2O)cc1COc1ccc(Br)cc1. The summed E-state index contributed by atoms with van der Waals surface area (Å²) in [6, 6.07) is 16.9. The van der Waals surface area contributed by atoms with Crippen LogP contribution in [0.15, 0.2) is 71.2 Å². The summed E-state index contributed by atoms with van der Waals surface area (Å²) in [5, 5.41) is 19.2. The first-order valence-corrected chi connectivity index (χ1v) is 9.55. The fraction of sp³-hybridized carbons (Fsp3) is 0.0870. The molecule has 5 nitrogen and oxygen atoms in total. The zero-order valence-electron chi connectivity index (χ0n) is 15.6. The second-order valence-corrected chi connectivity index (χ2v) is 7.13. The predicted molar refractivity (Wildman–Crippen MR) is 115 cm³/mol. The van der Waals surface area contributed by atoms with Gasteiger partial charge in [0.15, 0.2) is 5.78 Å². The van der Waals surface area contributed by atoms with E-state index in [1.165, 1.54) is 18.2 Å². The highest BCUT2D eigenvalue weighted by atomic mass is 79.9. The van der Waals surface area contributed by atoms with Crippen molar-refractivity contribution in [3.8, 4) is 23.0 Å². The molecule has 0 heterocycles. The number of methoxy groups -OCH3 is 1. The summed E-state index contributed by atoms with van der Waals surface area (Å²) in [5.41, 5.74) is 1.73. The molecule has 3 aromatic rings. The molecule has 0 radical (unpaired) electrons. The van der Waals surface area contributed by atoms with Gasteiger partial charge in [0.2, 0.25) is 0 Å². The van der Waals surface area contributed by atoms with E-state index in [0.717, 1.165) is 27.4 Å². The number of carbonyl (C=O) groups is 1. The number of allylic oxidation sites excluding steroid dienone is 1. The van der Waals surface area contributed by atoms with Crippen LogP contribution in [0.1, 0.15) is 21.5 Å². The number of ketones is 1. The van der Waals surface area contributed by atoms with Crippen LogP contribution in [0.3, 0.4) is 0 Å². The monoisotopic (exact) mass is 454 g/mol. The van der Waals surface area contributed by atoms with E-state index in [9.17, 15) is 15.0 Å². The van der Waals surface area contributed by atoms with E-state index in [4.69, 9.17) is 9.47 Å². The number of aromatic hydroxyl groups is 2. The molecule has 3 aromatic carbocycles. The minimum absolute atomic E-state index is 0.103. The van der Waals surface area contributed by atoms with Crippen molar-refractivity contribution in [1.29, 1.82) is 0 Å². The van der Waals surface area contributed by atoms with Crippen LogP contribution >= 0.6 is 15.9 Å². The third-order valence-electron chi connectivity index (χ3n) is 4.19. The summed E-state index contributed by atoms with van der Waals surface area (Å²) in [6.07, 6.45) is 3.02. The maximum absolute atomic E-state index is 12.3. The van der Waals surface area contributed by atoms with Crippen molar-refractivity contribution in [2.75, 3.05) is 7.11 Å². The van der Waals surface area contributed by atoms with Gasteiger partial charge in [0, 0.05) is 16.1 Å². The van der Waals surface area contributed by atoms with E-state index >= 15 is 0 Å². The van der Waals surface area contributed by atoms with Gasteiger partial charge in [0.05, 0.1) is 12.7 Å². The van der Waals surface area contributed by atoms with E-state index in [1.807, 2.05) is 42.5 Å².